The maximum atomic E-state index is 12.3. The van der Waals surface area contributed by atoms with E-state index >= 15 is 0 Å². The molecule has 0 radical (unpaired) electrons. The molecular formula is C16H16BrNO2. The summed E-state index contributed by atoms with van der Waals surface area (Å²) < 4.78 is 0.855. The Hall–Kier alpha value is -1.65. The number of rotatable bonds is 4. The van der Waals surface area contributed by atoms with Crippen LogP contribution in [0.5, 0.6) is 0 Å². The van der Waals surface area contributed by atoms with E-state index in [0.29, 0.717) is 5.56 Å². The monoisotopic (exact) mass is 333 g/mol. The second-order valence-electron chi connectivity index (χ2n) is 4.58. The number of hydrogen-bond donors (Lipinski definition) is 2. The molecule has 0 saturated carbocycles. The molecule has 0 spiro atoms. The third-order valence-electron chi connectivity index (χ3n) is 3.13. The molecule has 0 aliphatic heterocycles. The molecule has 0 aromatic heterocycles. The van der Waals surface area contributed by atoms with Gasteiger partial charge in [-0.25, -0.2) is 0 Å². The lowest BCUT2D eigenvalue weighted by Gasteiger charge is -2.17. The first-order valence-electron chi connectivity index (χ1n) is 6.34. The predicted octanol–water partition coefficient (Wildman–Crippen LogP) is 3.22. The third-order valence-corrected chi connectivity index (χ3v) is 3.63. The molecular weight excluding hydrogens is 318 g/mol. The Morgan fingerprint density at radius 1 is 1.25 bits per heavy atom. The zero-order valence-electron chi connectivity index (χ0n) is 11.1. The minimum Gasteiger partial charge on any atom is -0.394 e. The molecule has 0 aliphatic rings. The first-order chi connectivity index (χ1) is 9.61. The van der Waals surface area contributed by atoms with Crippen LogP contribution in [0.4, 0.5) is 0 Å². The van der Waals surface area contributed by atoms with E-state index in [4.69, 9.17) is 0 Å². The first kappa shape index (κ1) is 14.8. The van der Waals surface area contributed by atoms with Gasteiger partial charge in [0.2, 0.25) is 0 Å². The van der Waals surface area contributed by atoms with E-state index in [1.165, 1.54) is 0 Å². The van der Waals surface area contributed by atoms with Crippen molar-refractivity contribution in [2.75, 3.05) is 6.61 Å². The Kier molecular flexibility index (Phi) is 4.93. The topological polar surface area (TPSA) is 49.3 Å². The fraction of sp³-hybridized carbons (Fsp3) is 0.188. The molecule has 0 heterocycles. The molecule has 20 heavy (non-hydrogen) atoms. The number of hydrogen-bond acceptors (Lipinski definition) is 2. The molecule has 0 aliphatic carbocycles. The first-order valence-corrected chi connectivity index (χ1v) is 7.14. The summed E-state index contributed by atoms with van der Waals surface area (Å²) in [5, 5.41) is 12.3. The zero-order chi connectivity index (χ0) is 14.5. The molecule has 0 bridgehead atoms. The Balaban J connectivity index is 2.20. The van der Waals surface area contributed by atoms with Crippen molar-refractivity contribution in [3.8, 4) is 0 Å². The number of halogens is 1. The van der Waals surface area contributed by atoms with Crippen molar-refractivity contribution in [3.63, 3.8) is 0 Å². The highest BCUT2D eigenvalue weighted by Gasteiger charge is 2.16. The van der Waals surface area contributed by atoms with Crippen molar-refractivity contribution in [2.24, 2.45) is 0 Å². The molecule has 2 aromatic rings. The molecule has 0 saturated heterocycles. The average Bonchev–Trinajstić information content (AvgIpc) is 2.48. The summed E-state index contributed by atoms with van der Waals surface area (Å²) in [4.78, 5) is 12.3. The minimum atomic E-state index is -0.401. The van der Waals surface area contributed by atoms with Crippen LogP contribution in [0.25, 0.3) is 0 Å². The van der Waals surface area contributed by atoms with E-state index in [-0.39, 0.29) is 12.5 Å². The highest BCUT2D eigenvalue weighted by atomic mass is 79.9. The van der Waals surface area contributed by atoms with E-state index in [9.17, 15) is 9.90 Å². The molecule has 4 heteroatoms. The smallest absolute Gasteiger partial charge is 0.252 e. The SMILES string of the molecule is Cc1ccc(Br)cc1C(=O)N[C@H](CO)c1ccccc1. The van der Waals surface area contributed by atoms with E-state index in [2.05, 4.69) is 21.2 Å². The van der Waals surface area contributed by atoms with E-state index < -0.39 is 6.04 Å². The summed E-state index contributed by atoms with van der Waals surface area (Å²) in [6.07, 6.45) is 0. The van der Waals surface area contributed by atoms with Gasteiger partial charge in [-0.3, -0.25) is 4.79 Å². The predicted molar refractivity (Wildman–Crippen MR) is 82.6 cm³/mol. The molecule has 1 amide bonds. The van der Waals surface area contributed by atoms with Crippen LogP contribution in [0, 0.1) is 6.92 Å². The highest BCUT2D eigenvalue weighted by Crippen LogP contribution is 2.18. The zero-order valence-corrected chi connectivity index (χ0v) is 12.7. The standard InChI is InChI=1S/C16H16BrNO2/c1-11-7-8-13(17)9-14(11)16(20)18-15(10-19)12-5-3-2-4-6-12/h2-9,15,19H,10H2,1H3,(H,18,20)/t15-/m1/s1. The number of amides is 1. The second-order valence-corrected chi connectivity index (χ2v) is 5.49. The summed E-state index contributed by atoms with van der Waals surface area (Å²) in [6.45, 7) is 1.75. The minimum absolute atomic E-state index is 0.136. The Morgan fingerprint density at radius 2 is 1.95 bits per heavy atom. The summed E-state index contributed by atoms with van der Waals surface area (Å²) >= 11 is 3.36. The second kappa shape index (κ2) is 6.68. The number of aryl methyl sites for hydroxylation is 1. The number of carbonyl (C=O) groups is 1. The van der Waals surface area contributed by atoms with Crippen molar-refractivity contribution >= 4 is 21.8 Å². The fourth-order valence-corrected chi connectivity index (χ4v) is 2.36. The number of aliphatic hydroxyl groups is 1. The maximum Gasteiger partial charge on any atom is 0.252 e. The van der Waals surface area contributed by atoms with Crippen LogP contribution in [-0.2, 0) is 0 Å². The molecule has 104 valence electrons. The van der Waals surface area contributed by atoms with Gasteiger partial charge in [0.05, 0.1) is 12.6 Å². The number of carbonyl (C=O) groups excluding carboxylic acids is 1. The van der Waals surface area contributed by atoms with Crippen molar-refractivity contribution < 1.29 is 9.90 Å². The lowest BCUT2D eigenvalue weighted by atomic mass is 10.1. The van der Waals surface area contributed by atoms with Crippen LogP contribution in [0.1, 0.15) is 27.5 Å². The number of benzene rings is 2. The molecule has 0 fully saturated rings. The maximum absolute atomic E-state index is 12.3. The molecule has 0 unspecified atom stereocenters. The van der Waals surface area contributed by atoms with Crippen molar-refractivity contribution in [1.29, 1.82) is 0 Å². The van der Waals surface area contributed by atoms with Crippen LogP contribution in [0.15, 0.2) is 53.0 Å². The number of nitrogens with one attached hydrogen (secondary N) is 1. The highest BCUT2D eigenvalue weighted by molar-refractivity contribution is 9.10. The fourth-order valence-electron chi connectivity index (χ4n) is 1.99. The van der Waals surface area contributed by atoms with Crippen molar-refractivity contribution in [2.45, 2.75) is 13.0 Å². The van der Waals surface area contributed by atoms with E-state index in [1.807, 2.05) is 49.4 Å². The summed E-state index contributed by atoms with van der Waals surface area (Å²) in [5.74, 6) is -0.188. The lowest BCUT2D eigenvalue weighted by molar-refractivity contribution is 0.0915. The van der Waals surface area contributed by atoms with Gasteiger partial charge in [-0.15, -0.1) is 0 Å². The molecule has 2 N–H and O–H groups in total. The summed E-state index contributed by atoms with van der Waals surface area (Å²) in [7, 11) is 0. The summed E-state index contributed by atoms with van der Waals surface area (Å²) in [6, 6.07) is 14.6. The van der Waals surface area contributed by atoms with Crippen molar-refractivity contribution in [3.05, 3.63) is 69.7 Å². The number of aliphatic hydroxyl groups excluding tert-OH is 1. The summed E-state index contributed by atoms with van der Waals surface area (Å²) in [5.41, 5.74) is 2.39. The lowest BCUT2D eigenvalue weighted by Crippen LogP contribution is -2.31. The van der Waals surface area contributed by atoms with Crippen LogP contribution < -0.4 is 5.32 Å². The molecule has 3 nitrogen and oxygen atoms in total. The van der Waals surface area contributed by atoms with Gasteiger partial charge in [0, 0.05) is 10.0 Å². The quantitative estimate of drug-likeness (QED) is 0.902. The van der Waals surface area contributed by atoms with E-state index in [0.717, 1.165) is 15.6 Å². The Bertz CT molecular complexity index is 599. The van der Waals surface area contributed by atoms with Gasteiger partial charge in [0.15, 0.2) is 0 Å². The molecule has 2 aromatic carbocycles. The largest absolute Gasteiger partial charge is 0.394 e. The molecule has 1 atom stereocenters. The molecule has 2 rings (SSSR count). The van der Waals surface area contributed by atoms with Gasteiger partial charge in [-0.1, -0.05) is 52.3 Å². The average molecular weight is 334 g/mol. The van der Waals surface area contributed by atoms with Gasteiger partial charge in [-0.2, -0.15) is 0 Å². The van der Waals surface area contributed by atoms with Gasteiger partial charge in [0.25, 0.3) is 5.91 Å². The van der Waals surface area contributed by atoms with Crippen LogP contribution >= 0.6 is 15.9 Å². The normalized spacial score (nSPS) is 11.9. The van der Waals surface area contributed by atoms with Crippen LogP contribution in [0.2, 0.25) is 0 Å². The van der Waals surface area contributed by atoms with Gasteiger partial charge in [0.1, 0.15) is 0 Å². The van der Waals surface area contributed by atoms with Gasteiger partial charge in [-0.05, 0) is 30.2 Å². The van der Waals surface area contributed by atoms with E-state index in [1.54, 1.807) is 6.07 Å². The van der Waals surface area contributed by atoms with Crippen LogP contribution in [-0.4, -0.2) is 17.6 Å². The van der Waals surface area contributed by atoms with Crippen molar-refractivity contribution in [1.82, 2.24) is 5.32 Å². The van der Waals surface area contributed by atoms with Gasteiger partial charge >= 0.3 is 0 Å². The van der Waals surface area contributed by atoms with Crippen LogP contribution in [0.3, 0.4) is 0 Å². The third kappa shape index (κ3) is 3.46. The Morgan fingerprint density at radius 3 is 2.60 bits per heavy atom. The van der Waals surface area contributed by atoms with Gasteiger partial charge < -0.3 is 10.4 Å². The Labute approximate surface area is 126 Å².